The highest BCUT2D eigenvalue weighted by Crippen LogP contribution is 2.23. The number of amides is 1. The lowest BCUT2D eigenvalue weighted by Gasteiger charge is -2.17. The predicted molar refractivity (Wildman–Crippen MR) is 79.5 cm³/mol. The van der Waals surface area contributed by atoms with E-state index >= 15 is 0 Å². The molecule has 0 aliphatic carbocycles. The Bertz CT molecular complexity index is 601. The standard InChI is InChI=1S/C15H14BrNO3/c16-11-6-7-12(14(19)8-11)15(20)17-13(9-18)10-4-2-1-3-5-10/h1-8,13,18-19H,9H2,(H,17,20). The van der Waals surface area contributed by atoms with E-state index in [2.05, 4.69) is 21.2 Å². The highest BCUT2D eigenvalue weighted by Gasteiger charge is 2.17. The minimum absolute atomic E-state index is 0.110. The van der Waals surface area contributed by atoms with Crippen LogP contribution in [0.4, 0.5) is 0 Å². The van der Waals surface area contributed by atoms with Crippen LogP contribution < -0.4 is 5.32 Å². The van der Waals surface area contributed by atoms with Crippen LogP contribution in [0.1, 0.15) is 22.0 Å². The summed E-state index contributed by atoms with van der Waals surface area (Å²) in [5.41, 5.74) is 0.975. The first-order chi connectivity index (χ1) is 9.61. The van der Waals surface area contributed by atoms with E-state index in [1.165, 1.54) is 12.1 Å². The van der Waals surface area contributed by atoms with Crippen molar-refractivity contribution >= 4 is 21.8 Å². The number of aliphatic hydroxyl groups excluding tert-OH is 1. The summed E-state index contributed by atoms with van der Waals surface area (Å²) in [6.07, 6.45) is 0. The molecule has 2 aromatic rings. The highest BCUT2D eigenvalue weighted by atomic mass is 79.9. The lowest BCUT2D eigenvalue weighted by molar-refractivity contribution is 0.0913. The summed E-state index contributed by atoms with van der Waals surface area (Å²) in [6.45, 7) is -0.215. The summed E-state index contributed by atoms with van der Waals surface area (Å²) in [6, 6.07) is 13.3. The number of aliphatic hydroxyl groups is 1. The molecule has 0 aliphatic rings. The molecule has 1 amide bonds. The van der Waals surface area contributed by atoms with Gasteiger partial charge >= 0.3 is 0 Å². The third-order valence-electron chi connectivity index (χ3n) is 2.89. The fourth-order valence-electron chi connectivity index (χ4n) is 1.85. The fourth-order valence-corrected chi connectivity index (χ4v) is 2.20. The molecule has 0 aliphatic heterocycles. The Labute approximate surface area is 125 Å². The second kappa shape index (κ2) is 6.54. The summed E-state index contributed by atoms with van der Waals surface area (Å²) >= 11 is 3.21. The molecule has 20 heavy (non-hydrogen) atoms. The SMILES string of the molecule is O=C(NC(CO)c1ccccc1)c1ccc(Br)cc1O. The molecule has 2 rings (SSSR count). The maximum absolute atomic E-state index is 12.1. The van der Waals surface area contributed by atoms with Crippen LogP contribution in [0.2, 0.25) is 0 Å². The number of benzene rings is 2. The van der Waals surface area contributed by atoms with E-state index < -0.39 is 11.9 Å². The Balaban J connectivity index is 2.17. The van der Waals surface area contributed by atoms with E-state index in [1.807, 2.05) is 30.3 Å². The minimum Gasteiger partial charge on any atom is -0.507 e. The van der Waals surface area contributed by atoms with Gasteiger partial charge in [0.2, 0.25) is 0 Å². The zero-order valence-corrected chi connectivity index (χ0v) is 12.2. The van der Waals surface area contributed by atoms with Crippen LogP contribution in [-0.4, -0.2) is 22.7 Å². The third-order valence-corrected chi connectivity index (χ3v) is 3.39. The van der Waals surface area contributed by atoms with Gasteiger partial charge in [-0.1, -0.05) is 46.3 Å². The summed E-state index contributed by atoms with van der Waals surface area (Å²) in [5.74, 6) is -0.542. The molecule has 3 N–H and O–H groups in total. The monoisotopic (exact) mass is 335 g/mol. The number of phenols is 1. The summed E-state index contributed by atoms with van der Waals surface area (Å²) < 4.78 is 0.688. The van der Waals surface area contributed by atoms with Gasteiger partial charge < -0.3 is 15.5 Å². The van der Waals surface area contributed by atoms with Crippen molar-refractivity contribution in [1.82, 2.24) is 5.32 Å². The van der Waals surface area contributed by atoms with Crippen molar-refractivity contribution < 1.29 is 15.0 Å². The molecule has 0 bridgehead atoms. The van der Waals surface area contributed by atoms with Gasteiger partial charge in [0.15, 0.2) is 0 Å². The number of hydrogen-bond acceptors (Lipinski definition) is 3. The molecule has 4 nitrogen and oxygen atoms in total. The van der Waals surface area contributed by atoms with E-state index in [0.29, 0.717) is 4.47 Å². The van der Waals surface area contributed by atoms with Crippen molar-refractivity contribution in [2.75, 3.05) is 6.61 Å². The van der Waals surface area contributed by atoms with Gasteiger partial charge in [0, 0.05) is 4.47 Å². The Morgan fingerprint density at radius 3 is 2.50 bits per heavy atom. The van der Waals surface area contributed by atoms with Crippen molar-refractivity contribution in [2.45, 2.75) is 6.04 Å². The molecule has 1 unspecified atom stereocenters. The lowest BCUT2D eigenvalue weighted by Crippen LogP contribution is -2.30. The van der Waals surface area contributed by atoms with Crippen molar-refractivity contribution in [2.24, 2.45) is 0 Å². The molecule has 2 aromatic carbocycles. The van der Waals surface area contributed by atoms with Crippen molar-refractivity contribution in [3.63, 3.8) is 0 Å². The molecule has 0 saturated heterocycles. The van der Waals surface area contributed by atoms with Crippen LogP contribution >= 0.6 is 15.9 Å². The van der Waals surface area contributed by atoms with E-state index in [0.717, 1.165) is 5.56 Å². The summed E-state index contributed by atoms with van der Waals surface area (Å²) in [5, 5.41) is 21.9. The van der Waals surface area contributed by atoms with Crippen LogP contribution in [0.5, 0.6) is 5.75 Å². The van der Waals surface area contributed by atoms with Gasteiger partial charge in [0.05, 0.1) is 18.2 Å². The number of carbonyl (C=O) groups is 1. The average Bonchev–Trinajstić information content (AvgIpc) is 2.45. The first-order valence-corrected chi connectivity index (χ1v) is 6.86. The molecule has 1 atom stereocenters. The van der Waals surface area contributed by atoms with Gasteiger partial charge in [-0.3, -0.25) is 4.79 Å². The first kappa shape index (κ1) is 14.6. The second-order valence-corrected chi connectivity index (χ2v) is 5.20. The van der Waals surface area contributed by atoms with Crippen LogP contribution in [0, 0.1) is 0 Å². The molecular weight excluding hydrogens is 322 g/mol. The zero-order chi connectivity index (χ0) is 14.5. The van der Waals surface area contributed by atoms with Crippen LogP contribution in [-0.2, 0) is 0 Å². The average molecular weight is 336 g/mol. The molecule has 0 fully saturated rings. The third kappa shape index (κ3) is 3.37. The minimum atomic E-state index is -0.508. The largest absolute Gasteiger partial charge is 0.507 e. The number of carbonyl (C=O) groups excluding carboxylic acids is 1. The maximum atomic E-state index is 12.1. The maximum Gasteiger partial charge on any atom is 0.255 e. The number of rotatable bonds is 4. The lowest BCUT2D eigenvalue weighted by atomic mass is 10.1. The molecule has 0 heterocycles. The van der Waals surface area contributed by atoms with Gasteiger partial charge in [-0.05, 0) is 23.8 Å². The van der Waals surface area contributed by atoms with E-state index in [4.69, 9.17) is 0 Å². The number of hydrogen-bond donors (Lipinski definition) is 3. The van der Waals surface area contributed by atoms with E-state index in [9.17, 15) is 15.0 Å². The second-order valence-electron chi connectivity index (χ2n) is 4.28. The summed E-state index contributed by atoms with van der Waals surface area (Å²) in [4.78, 5) is 12.1. The molecule has 5 heteroatoms. The number of nitrogens with one attached hydrogen (secondary N) is 1. The normalized spacial score (nSPS) is 11.9. The topological polar surface area (TPSA) is 69.6 Å². The highest BCUT2D eigenvalue weighted by molar-refractivity contribution is 9.10. The van der Waals surface area contributed by atoms with Crippen molar-refractivity contribution in [3.8, 4) is 5.75 Å². The Kier molecular flexibility index (Phi) is 4.76. The molecule has 0 aromatic heterocycles. The van der Waals surface area contributed by atoms with Crippen LogP contribution in [0.3, 0.4) is 0 Å². The van der Waals surface area contributed by atoms with Gasteiger partial charge in [-0.15, -0.1) is 0 Å². The van der Waals surface area contributed by atoms with Gasteiger partial charge in [-0.2, -0.15) is 0 Å². The van der Waals surface area contributed by atoms with Gasteiger partial charge in [0.25, 0.3) is 5.91 Å². The van der Waals surface area contributed by atoms with E-state index in [1.54, 1.807) is 6.07 Å². The molecular formula is C15H14BrNO3. The smallest absolute Gasteiger partial charge is 0.255 e. The van der Waals surface area contributed by atoms with Crippen LogP contribution in [0.15, 0.2) is 53.0 Å². The first-order valence-electron chi connectivity index (χ1n) is 6.07. The fraction of sp³-hybridized carbons (Fsp3) is 0.133. The van der Waals surface area contributed by atoms with Gasteiger partial charge in [0.1, 0.15) is 5.75 Å². The quantitative estimate of drug-likeness (QED) is 0.804. The van der Waals surface area contributed by atoms with Crippen molar-refractivity contribution in [1.29, 1.82) is 0 Å². The Morgan fingerprint density at radius 2 is 1.90 bits per heavy atom. The van der Waals surface area contributed by atoms with Crippen molar-refractivity contribution in [3.05, 3.63) is 64.1 Å². The number of aromatic hydroxyl groups is 1. The molecule has 0 saturated carbocycles. The molecule has 104 valence electrons. The van der Waals surface area contributed by atoms with Gasteiger partial charge in [-0.25, -0.2) is 0 Å². The molecule has 0 radical (unpaired) electrons. The Hall–Kier alpha value is -1.85. The van der Waals surface area contributed by atoms with Crippen LogP contribution in [0.25, 0.3) is 0 Å². The zero-order valence-electron chi connectivity index (χ0n) is 10.6. The number of phenolic OH excluding ortho intramolecular Hbond substituents is 1. The molecule has 0 spiro atoms. The van der Waals surface area contributed by atoms with E-state index in [-0.39, 0.29) is 17.9 Å². The summed E-state index contributed by atoms with van der Waals surface area (Å²) in [7, 11) is 0. The Morgan fingerprint density at radius 1 is 1.20 bits per heavy atom. The number of halogens is 1. The predicted octanol–water partition coefficient (Wildman–Crippen LogP) is 2.62.